The van der Waals surface area contributed by atoms with Gasteiger partial charge in [0, 0.05) is 17.7 Å². The lowest BCUT2D eigenvalue weighted by atomic mass is 10.0. The Labute approximate surface area is 187 Å². The van der Waals surface area contributed by atoms with Crippen LogP contribution in [0.2, 0.25) is 0 Å². The van der Waals surface area contributed by atoms with Crippen molar-refractivity contribution in [3.63, 3.8) is 0 Å². The van der Waals surface area contributed by atoms with Gasteiger partial charge >= 0.3 is 0 Å². The van der Waals surface area contributed by atoms with E-state index >= 15 is 0 Å². The molecule has 6 heteroatoms. The van der Waals surface area contributed by atoms with Crippen LogP contribution in [-0.2, 0) is 9.59 Å². The van der Waals surface area contributed by atoms with E-state index in [4.69, 9.17) is 9.94 Å². The molecule has 2 aliphatic rings. The smallest absolute Gasteiger partial charge is 0.267 e. The minimum Gasteiger partial charge on any atom is -0.490 e. The van der Waals surface area contributed by atoms with Crippen molar-refractivity contribution in [1.29, 1.82) is 0 Å². The monoisotopic (exact) mass is 432 g/mol. The highest BCUT2D eigenvalue weighted by molar-refractivity contribution is 6.24. The molecule has 166 valence electrons. The van der Waals surface area contributed by atoms with E-state index in [1.54, 1.807) is 11.6 Å². The first-order valence-corrected chi connectivity index (χ1v) is 11.1. The van der Waals surface area contributed by atoms with E-state index in [2.05, 4.69) is 5.32 Å². The molecule has 0 atom stereocenters. The Morgan fingerprint density at radius 2 is 1.56 bits per heavy atom. The zero-order valence-electron chi connectivity index (χ0n) is 17.9. The van der Waals surface area contributed by atoms with Gasteiger partial charge in [-0.2, -0.15) is 0 Å². The van der Waals surface area contributed by atoms with Crippen LogP contribution in [0.5, 0.6) is 5.75 Å². The van der Waals surface area contributed by atoms with Gasteiger partial charge in [-0.1, -0.05) is 36.4 Å². The van der Waals surface area contributed by atoms with E-state index in [0.29, 0.717) is 11.7 Å². The van der Waals surface area contributed by atoms with Crippen molar-refractivity contribution in [2.24, 2.45) is 0 Å². The first-order chi connectivity index (χ1) is 15.6. The van der Waals surface area contributed by atoms with Crippen LogP contribution in [0.4, 0.5) is 0 Å². The van der Waals surface area contributed by atoms with Crippen molar-refractivity contribution in [2.45, 2.75) is 50.7 Å². The standard InChI is InChI=1S/C26H28N2O4/c29-25(28-31)16-9-18-5-7-19(8-6-18)17-24(26(30)27-21-12-13-21)20-10-14-23(15-11-20)32-22-3-1-2-4-22/h5-11,14-17,21-22,31H,1-4,12-13H2,(H,27,30)(H,28,29)/b16-9+,24-17+. The third-order valence-corrected chi connectivity index (χ3v) is 5.71. The van der Waals surface area contributed by atoms with Gasteiger partial charge < -0.3 is 10.1 Å². The second-order valence-electron chi connectivity index (χ2n) is 8.33. The van der Waals surface area contributed by atoms with Crippen molar-refractivity contribution in [1.82, 2.24) is 10.8 Å². The van der Waals surface area contributed by atoms with Gasteiger partial charge in [-0.15, -0.1) is 0 Å². The molecule has 0 saturated heterocycles. The van der Waals surface area contributed by atoms with Crippen molar-refractivity contribution in [2.75, 3.05) is 0 Å². The van der Waals surface area contributed by atoms with Crippen LogP contribution in [-0.4, -0.2) is 29.2 Å². The molecule has 4 rings (SSSR count). The van der Waals surface area contributed by atoms with Gasteiger partial charge in [0.05, 0.1) is 6.10 Å². The number of ether oxygens (including phenoxy) is 1. The summed E-state index contributed by atoms with van der Waals surface area (Å²) in [6.45, 7) is 0. The number of hydroxylamine groups is 1. The van der Waals surface area contributed by atoms with Gasteiger partial charge in [0.2, 0.25) is 0 Å². The summed E-state index contributed by atoms with van der Waals surface area (Å²) in [4.78, 5) is 24.1. The largest absolute Gasteiger partial charge is 0.490 e. The fourth-order valence-corrected chi connectivity index (χ4v) is 3.76. The average Bonchev–Trinajstić information content (AvgIpc) is 3.48. The summed E-state index contributed by atoms with van der Waals surface area (Å²) < 4.78 is 6.05. The SMILES string of the molecule is O=C(/C=C/c1ccc(/C=C(/C(=O)NC2CC2)c2ccc(OC3CCCC3)cc2)cc1)NO. The first-order valence-electron chi connectivity index (χ1n) is 11.1. The highest BCUT2D eigenvalue weighted by atomic mass is 16.5. The number of amides is 2. The number of nitrogens with one attached hydrogen (secondary N) is 2. The summed E-state index contributed by atoms with van der Waals surface area (Å²) in [5.41, 5.74) is 4.69. The summed E-state index contributed by atoms with van der Waals surface area (Å²) >= 11 is 0. The highest BCUT2D eigenvalue weighted by Crippen LogP contribution is 2.27. The topological polar surface area (TPSA) is 87.7 Å². The van der Waals surface area contributed by atoms with Crippen molar-refractivity contribution < 1.29 is 19.5 Å². The number of benzene rings is 2. The maximum atomic E-state index is 12.9. The van der Waals surface area contributed by atoms with Crippen molar-refractivity contribution >= 4 is 29.5 Å². The van der Waals surface area contributed by atoms with Crippen LogP contribution in [0.15, 0.2) is 54.6 Å². The summed E-state index contributed by atoms with van der Waals surface area (Å²) in [5.74, 6) is 0.166. The lowest BCUT2D eigenvalue weighted by Crippen LogP contribution is -2.26. The normalized spacial score (nSPS) is 16.8. The number of hydrogen-bond acceptors (Lipinski definition) is 4. The Bertz CT molecular complexity index is 999. The Morgan fingerprint density at radius 1 is 0.906 bits per heavy atom. The van der Waals surface area contributed by atoms with Crippen LogP contribution in [0.1, 0.15) is 55.2 Å². The van der Waals surface area contributed by atoms with Crippen LogP contribution in [0, 0.1) is 0 Å². The summed E-state index contributed by atoms with van der Waals surface area (Å²) in [6, 6.07) is 15.5. The zero-order valence-corrected chi connectivity index (χ0v) is 17.9. The van der Waals surface area contributed by atoms with E-state index in [1.165, 1.54) is 18.9 Å². The minimum absolute atomic E-state index is 0.0828. The third-order valence-electron chi connectivity index (χ3n) is 5.71. The predicted molar refractivity (Wildman–Crippen MR) is 124 cm³/mol. The van der Waals surface area contributed by atoms with Gasteiger partial charge in [-0.3, -0.25) is 14.8 Å². The van der Waals surface area contributed by atoms with Gasteiger partial charge in [-0.05, 0) is 79.5 Å². The number of carbonyl (C=O) groups is 2. The highest BCUT2D eigenvalue weighted by Gasteiger charge is 2.25. The molecule has 3 N–H and O–H groups in total. The number of hydrogen-bond donors (Lipinski definition) is 3. The Balaban J connectivity index is 1.53. The minimum atomic E-state index is -0.589. The van der Waals surface area contributed by atoms with E-state index in [0.717, 1.165) is 48.1 Å². The molecule has 6 nitrogen and oxygen atoms in total. The first kappa shape index (κ1) is 21.8. The molecule has 0 unspecified atom stereocenters. The molecule has 32 heavy (non-hydrogen) atoms. The molecule has 0 radical (unpaired) electrons. The Hall–Kier alpha value is -3.38. The zero-order chi connectivity index (χ0) is 22.3. The Kier molecular flexibility index (Phi) is 7.02. The summed E-state index contributed by atoms with van der Waals surface area (Å²) in [6.07, 6.45) is 11.7. The molecule has 0 aromatic heterocycles. The number of rotatable bonds is 8. The third kappa shape index (κ3) is 6.08. The molecule has 2 amide bonds. The lowest BCUT2D eigenvalue weighted by Gasteiger charge is -2.14. The maximum Gasteiger partial charge on any atom is 0.267 e. The molecule has 2 aromatic rings. The average molecular weight is 433 g/mol. The predicted octanol–water partition coefficient (Wildman–Crippen LogP) is 4.35. The van der Waals surface area contributed by atoms with E-state index in [9.17, 15) is 9.59 Å². The molecule has 2 aliphatic carbocycles. The van der Waals surface area contributed by atoms with E-state index in [-0.39, 0.29) is 11.9 Å². The molecule has 2 saturated carbocycles. The van der Waals surface area contributed by atoms with E-state index in [1.807, 2.05) is 54.6 Å². The van der Waals surface area contributed by atoms with Crippen molar-refractivity contribution in [3.8, 4) is 5.75 Å². The molecular formula is C26H28N2O4. The van der Waals surface area contributed by atoms with Gasteiger partial charge in [0.15, 0.2) is 0 Å². The lowest BCUT2D eigenvalue weighted by molar-refractivity contribution is -0.124. The molecule has 2 aromatic carbocycles. The van der Waals surface area contributed by atoms with Crippen LogP contribution < -0.4 is 15.5 Å². The molecule has 0 bridgehead atoms. The summed E-state index contributed by atoms with van der Waals surface area (Å²) in [5, 5.41) is 11.6. The molecular weight excluding hydrogens is 404 g/mol. The summed E-state index contributed by atoms with van der Waals surface area (Å²) in [7, 11) is 0. The number of carbonyl (C=O) groups excluding carboxylic acids is 2. The second-order valence-corrected chi connectivity index (χ2v) is 8.33. The van der Waals surface area contributed by atoms with Crippen LogP contribution >= 0.6 is 0 Å². The fraction of sp³-hybridized carbons (Fsp3) is 0.308. The van der Waals surface area contributed by atoms with Crippen LogP contribution in [0.3, 0.4) is 0 Å². The van der Waals surface area contributed by atoms with Gasteiger partial charge in [0.25, 0.3) is 11.8 Å². The van der Waals surface area contributed by atoms with Crippen LogP contribution in [0.25, 0.3) is 17.7 Å². The molecule has 2 fully saturated rings. The van der Waals surface area contributed by atoms with Gasteiger partial charge in [0.1, 0.15) is 5.75 Å². The second kappa shape index (κ2) is 10.3. The van der Waals surface area contributed by atoms with Gasteiger partial charge in [-0.25, -0.2) is 5.48 Å². The fourth-order valence-electron chi connectivity index (χ4n) is 3.76. The molecule has 0 spiro atoms. The quantitative estimate of drug-likeness (QED) is 0.251. The van der Waals surface area contributed by atoms with Crippen molar-refractivity contribution in [3.05, 3.63) is 71.3 Å². The maximum absolute atomic E-state index is 12.9. The molecule has 0 heterocycles. The molecule has 0 aliphatic heterocycles. The Morgan fingerprint density at radius 3 is 2.19 bits per heavy atom. The van der Waals surface area contributed by atoms with E-state index < -0.39 is 5.91 Å².